The number of hydrogen-bond acceptors (Lipinski definition) is 7. The van der Waals surface area contributed by atoms with Crippen molar-refractivity contribution < 1.29 is 24.2 Å². The molecule has 5 heterocycles. The molecule has 1 spiro atoms. The Labute approximate surface area is 186 Å². The molecule has 2 aromatic rings. The van der Waals surface area contributed by atoms with Gasteiger partial charge in [0.1, 0.15) is 11.6 Å². The molecule has 32 heavy (non-hydrogen) atoms. The molecule has 10 nitrogen and oxygen atoms in total. The molecule has 0 bridgehead atoms. The molecular formula is C22H29N5O5. The summed E-state index contributed by atoms with van der Waals surface area (Å²) < 4.78 is 7.56. The number of nitrogens with zero attached hydrogens (tertiary/aromatic N) is 5. The summed E-state index contributed by atoms with van der Waals surface area (Å²) in [4.78, 5) is 47.1. The Morgan fingerprint density at radius 3 is 2.62 bits per heavy atom. The van der Waals surface area contributed by atoms with Crippen molar-refractivity contribution in [2.24, 2.45) is 12.5 Å². The maximum Gasteiger partial charge on any atom is 0.312 e. The van der Waals surface area contributed by atoms with Gasteiger partial charge in [0, 0.05) is 39.3 Å². The minimum atomic E-state index is -0.417. The molecule has 172 valence electrons. The number of rotatable bonds is 3. The van der Waals surface area contributed by atoms with E-state index in [1.807, 2.05) is 16.5 Å². The Balaban J connectivity index is 0.000000775. The van der Waals surface area contributed by atoms with Crippen LogP contribution in [0, 0.1) is 5.41 Å². The molecular weight excluding hydrogens is 414 g/mol. The fourth-order valence-corrected chi connectivity index (χ4v) is 5.11. The number of likely N-dealkylation sites (tertiary alicyclic amines) is 2. The minimum Gasteiger partial charge on any atom is -0.483 e. The van der Waals surface area contributed by atoms with E-state index in [1.165, 1.54) is 12.8 Å². The van der Waals surface area contributed by atoms with E-state index >= 15 is 0 Å². The van der Waals surface area contributed by atoms with E-state index in [9.17, 15) is 9.59 Å². The molecule has 3 saturated heterocycles. The molecule has 0 aliphatic carbocycles. The van der Waals surface area contributed by atoms with Gasteiger partial charge in [-0.15, -0.1) is 0 Å². The van der Waals surface area contributed by atoms with Crippen molar-refractivity contribution in [2.45, 2.75) is 38.2 Å². The highest BCUT2D eigenvalue weighted by Crippen LogP contribution is 2.43. The average Bonchev–Trinajstić information content (AvgIpc) is 3.50. The Morgan fingerprint density at radius 2 is 1.94 bits per heavy atom. The number of carbonyl (C=O) groups is 3. The van der Waals surface area contributed by atoms with Crippen LogP contribution in [0.15, 0.2) is 18.6 Å². The highest BCUT2D eigenvalue weighted by atomic mass is 16.6. The van der Waals surface area contributed by atoms with Crippen molar-refractivity contribution in [1.29, 1.82) is 0 Å². The second-order valence-electron chi connectivity index (χ2n) is 8.80. The number of imidazole rings is 1. The second-order valence-corrected chi connectivity index (χ2v) is 8.80. The number of pyridine rings is 1. The maximum atomic E-state index is 13.1. The van der Waals surface area contributed by atoms with Gasteiger partial charge >= 0.3 is 5.97 Å². The quantitative estimate of drug-likeness (QED) is 0.557. The van der Waals surface area contributed by atoms with Gasteiger partial charge in [-0.2, -0.15) is 0 Å². The third kappa shape index (κ3) is 4.19. The van der Waals surface area contributed by atoms with Gasteiger partial charge in [0.15, 0.2) is 5.65 Å². The molecule has 3 fully saturated rings. The van der Waals surface area contributed by atoms with Crippen molar-refractivity contribution in [3.05, 3.63) is 24.2 Å². The van der Waals surface area contributed by atoms with Gasteiger partial charge < -0.3 is 19.3 Å². The predicted molar refractivity (Wildman–Crippen MR) is 115 cm³/mol. The molecule has 0 saturated carbocycles. The van der Waals surface area contributed by atoms with E-state index in [-0.39, 0.29) is 24.5 Å². The van der Waals surface area contributed by atoms with Gasteiger partial charge in [0.25, 0.3) is 12.4 Å². The second kappa shape index (κ2) is 9.23. The van der Waals surface area contributed by atoms with E-state index in [1.54, 1.807) is 18.6 Å². The van der Waals surface area contributed by atoms with Crippen LogP contribution < -0.4 is 0 Å². The summed E-state index contributed by atoms with van der Waals surface area (Å²) in [5.41, 5.74) is 1.49. The fraction of sp³-hybridized carbons (Fsp3) is 0.591. The average molecular weight is 444 g/mol. The fourth-order valence-electron chi connectivity index (χ4n) is 5.11. The SMILES string of the molecule is Cn1cnc2c(C(=O)N3CCC4(CC3)CC(CN3CCCC3)OC4=O)ccnc21.O=CO. The van der Waals surface area contributed by atoms with Gasteiger partial charge in [-0.3, -0.25) is 19.3 Å². The molecule has 1 atom stereocenters. The van der Waals surface area contributed by atoms with Gasteiger partial charge in [0.2, 0.25) is 0 Å². The number of carbonyl (C=O) groups excluding carboxylic acids is 2. The third-order valence-electron chi connectivity index (χ3n) is 6.82. The lowest BCUT2D eigenvalue weighted by molar-refractivity contribution is -0.151. The smallest absolute Gasteiger partial charge is 0.312 e. The molecule has 5 rings (SSSR count). The van der Waals surface area contributed by atoms with Crippen molar-refractivity contribution in [3.63, 3.8) is 0 Å². The normalized spacial score (nSPS) is 22.6. The predicted octanol–water partition coefficient (Wildman–Crippen LogP) is 1.30. The first kappa shape index (κ1) is 22.2. The lowest BCUT2D eigenvalue weighted by Crippen LogP contribution is -2.45. The first-order chi connectivity index (χ1) is 15.5. The van der Waals surface area contributed by atoms with E-state index in [4.69, 9.17) is 14.6 Å². The summed E-state index contributed by atoms with van der Waals surface area (Å²) >= 11 is 0. The summed E-state index contributed by atoms with van der Waals surface area (Å²) in [5.74, 6) is -0.101. The van der Waals surface area contributed by atoms with Crippen molar-refractivity contribution in [1.82, 2.24) is 24.3 Å². The van der Waals surface area contributed by atoms with Crippen LogP contribution in [-0.4, -0.2) is 86.6 Å². The largest absolute Gasteiger partial charge is 0.483 e. The Hall–Kier alpha value is -3.01. The summed E-state index contributed by atoms with van der Waals surface area (Å²) in [6.45, 7) is 3.96. The highest BCUT2D eigenvalue weighted by molar-refractivity contribution is 6.04. The van der Waals surface area contributed by atoms with Crippen molar-refractivity contribution in [2.75, 3.05) is 32.7 Å². The number of aromatic nitrogens is 3. The number of amides is 1. The maximum absolute atomic E-state index is 13.1. The zero-order chi connectivity index (χ0) is 22.7. The third-order valence-corrected chi connectivity index (χ3v) is 6.82. The Kier molecular flexibility index (Phi) is 6.40. The minimum absolute atomic E-state index is 0.00353. The number of aryl methyl sites for hydroxylation is 1. The molecule has 10 heteroatoms. The Morgan fingerprint density at radius 1 is 1.25 bits per heavy atom. The zero-order valence-corrected chi connectivity index (χ0v) is 18.3. The van der Waals surface area contributed by atoms with E-state index in [0.717, 1.165) is 26.1 Å². The van der Waals surface area contributed by atoms with Crippen LogP contribution >= 0.6 is 0 Å². The molecule has 0 aromatic carbocycles. The van der Waals surface area contributed by atoms with Gasteiger partial charge in [-0.1, -0.05) is 0 Å². The van der Waals surface area contributed by atoms with Crippen LogP contribution in [0.1, 0.15) is 42.5 Å². The number of hydrogen-bond donors (Lipinski definition) is 1. The number of cyclic esters (lactones) is 1. The van der Waals surface area contributed by atoms with Gasteiger partial charge in [-0.05, 0) is 44.8 Å². The van der Waals surface area contributed by atoms with Crippen LogP contribution in [0.25, 0.3) is 11.2 Å². The first-order valence-electron chi connectivity index (χ1n) is 11.0. The summed E-state index contributed by atoms with van der Waals surface area (Å²) in [5, 5.41) is 6.89. The van der Waals surface area contributed by atoms with Crippen molar-refractivity contribution >= 4 is 29.5 Å². The van der Waals surface area contributed by atoms with Crippen LogP contribution in [0.4, 0.5) is 0 Å². The number of esters is 1. The number of ether oxygens (including phenoxy) is 1. The van der Waals surface area contributed by atoms with Crippen LogP contribution in [0.2, 0.25) is 0 Å². The summed E-state index contributed by atoms with van der Waals surface area (Å²) in [7, 11) is 1.87. The topological polar surface area (TPSA) is 118 Å². The molecule has 1 amide bonds. The van der Waals surface area contributed by atoms with Gasteiger partial charge in [0.05, 0.1) is 17.3 Å². The Bertz CT molecular complexity index is 992. The first-order valence-corrected chi connectivity index (χ1v) is 11.0. The highest BCUT2D eigenvalue weighted by Gasteiger charge is 2.51. The lowest BCUT2D eigenvalue weighted by atomic mass is 9.76. The molecule has 3 aliphatic rings. The zero-order valence-electron chi connectivity index (χ0n) is 18.3. The molecule has 2 aromatic heterocycles. The van der Waals surface area contributed by atoms with Crippen molar-refractivity contribution in [3.8, 4) is 0 Å². The van der Waals surface area contributed by atoms with Crippen LogP contribution in [0.5, 0.6) is 0 Å². The number of carboxylic acid groups (broad SMARTS) is 1. The van der Waals surface area contributed by atoms with Crippen LogP contribution in [0.3, 0.4) is 0 Å². The number of piperidine rings is 1. The molecule has 3 aliphatic heterocycles. The molecule has 0 radical (unpaired) electrons. The van der Waals surface area contributed by atoms with E-state index in [2.05, 4.69) is 14.9 Å². The molecule has 1 N–H and O–H groups in total. The number of fused-ring (bicyclic) bond motifs is 1. The lowest BCUT2D eigenvalue weighted by Gasteiger charge is -2.36. The van der Waals surface area contributed by atoms with Gasteiger partial charge in [-0.25, -0.2) is 9.97 Å². The summed E-state index contributed by atoms with van der Waals surface area (Å²) in [6, 6.07) is 1.73. The standard InChI is InChI=1S/C21H27N5O3.CH2O2/c1-24-14-23-17-16(4-7-22-18(17)24)19(27)26-10-5-21(6-11-26)12-15(29-20(21)28)13-25-8-2-3-9-25;2-1-3/h4,7,14-15H,2-3,5-6,8-13H2,1H3;1H,(H,2,3). The van der Waals surface area contributed by atoms with Crippen LogP contribution in [-0.2, 0) is 21.4 Å². The molecule has 1 unspecified atom stereocenters. The van der Waals surface area contributed by atoms with E-state index < -0.39 is 5.41 Å². The summed E-state index contributed by atoms with van der Waals surface area (Å²) in [6.07, 6.45) is 7.92. The van der Waals surface area contributed by atoms with E-state index in [0.29, 0.717) is 42.7 Å². The monoisotopic (exact) mass is 443 g/mol.